The molecule has 0 radical (unpaired) electrons. The van der Waals surface area contributed by atoms with Crippen LogP contribution >= 0.6 is 0 Å². The molecule has 1 aliphatic rings. The van der Waals surface area contributed by atoms with Crippen LogP contribution in [0.15, 0.2) is 60.7 Å². The summed E-state index contributed by atoms with van der Waals surface area (Å²) >= 11 is 0. The average Bonchev–Trinajstić information content (AvgIpc) is 3.27. The summed E-state index contributed by atoms with van der Waals surface area (Å²) < 4.78 is 2.43. The standard InChI is InChI=1S/C31H38N4O/c1-3-4-17-35-30-22(2)9-7-13-28(30)33-31(35)26-12-8-16-34(21-26)29(36)20-27(32)19-23-14-15-24-10-5-6-11-25(24)18-23/h5-7,9-11,13-15,18,26-27H,3-4,8,12,16-17,19-21,32H2,1-2H3/t26-,27-/m1/s1. The molecular weight excluding hydrogens is 444 g/mol. The van der Waals surface area contributed by atoms with E-state index in [0.29, 0.717) is 12.8 Å². The van der Waals surface area contributed by atoms with Gasteiger partial charge in [0.1, 0.15) is 5.82 Å². The zero-order valence-corrected chi connectivity index (χ0v) is 21.6. The highest BCUT2D eigenvalue weighted by atomic mass is 16.2. The molecule has 0 bridgehead atoms. The molecule has 5 heteroatoms. The summed E-state index contributed by atoms with van der Waals surface area (Å²) in [5.74, 6) is 1.58. The lowest BCUT2D eigenvalue weighted by atomic mass is 9.95. The Morgan fingerprint density at radius 3 is 2.78 bits per heavy atom. The van der Waals surface area contributed by atoms with Gasteiger partial charge in [-0.2, -0.15) is 0 Å². The van der Waals surface area contributed by atoms with Gasteiger partial charge < -0.3 is 15.2 Å². The number of para-hydroxylation sites is 1. The molecule has 36 heavy (non-hydrogen) atoms. The first kappa shape index (κ1) is 24.5. The number of piperidine rings is 1. The predicted molar refractivity (Wildman–Crippen MR) is 148 cm³/mol. The molecule has 3 aromatic carbocycles. The second kappa shape index (κ2) is 10.8. The van der Waals surface area contributed by atoms with Crippen LogP contribution in [-0.2, 0) is 17.8 Å². The molecule has 1 aromatic heterocycles. The van der Waals surface area contributed by atoms with Crippen LogP contribution in [0.1, 0.15) is 61.9 Å². The number of fused-ring (bicyclic) bond motifs is 2. The quantitative estimate of drug-likeness (QED) is 0.337. The summed E-state index contributed by atoms with van der Waals surface area (Å²) in [5, 5.41) is 2.44. The Balaban J connectivity index is 1.28. The van der Waals surface area contributed by atoms with Gasteiger partial charge in [0.05, 0.1) is 11.0 Å². The van der Waals surface area contributed by atoms with Crippen molar-refractivity contribution in [3.63, 3.8) is 0 Å². The molecule has 0 saturated carbocycles. The van der Waals surface area contributed by atoms with Gasteiger partial charge in [-0.3, -0.25) is 4.79 Å². The molecule has 5 nitrogen and oxygen atoms in total. The molecule has 1 fully saturated rings. The summed E-state index contributed by atoms with van der Waals surface area (Å²) in [6.45, 7) is 6.92. The normalized spacial score (nSPS) is 17.1. The smallest absolute Gasteiger partial charge is 0.224 e. The molecule has 2 N–H and O–H groups in total. The number of carbonyl (C=O) groups is 1. The second-order valence-corrected chi connectivity index (χ2v) is 10.4. The van der Waals surface area contributed by atoms with Crippen LogP contribution in [0.3, 0.4) is 0 Å². The lowest BCUT2D eigenvalue weighted by molar-refractivity contribution is -0.132. The number of imidazole rings is 1. The SMILES string of the molecule is CCCCn1c([C@@H]2CCCN(C(=O)C[C@H](N)Cc3ccc4ccccc4c3)C2)nc2cccc(C)c21. The first-order valence-electron chi connectivity index (χ1n) is 13.5. The fraction of sp³-hybridized carbons (Fsp3) is 0.419. The number of likely N-dealkylation sites (tertiary alicyclic amines) is 1. The molecule has 2 heterocycles. The minimum absolute atomic E-state index is 0.167. The van der Waals surface area contributed by atoms with Gasteiger partial charge in [0, 0.05) is 38.0 Å². The van der Waals surface area contributed by atoms with Gasteiger partial charge in [0.2, 0.25) is 5.91 Å². The number of nitrogens with two attached hydrogens (primary N) is 1. The number of hydrogen-bond donors (Lipinski definition) is 1. The van der Waals surface area contributed by atoms with E-state index < -0.39 is 0 Å². The highest BCUT2D eigenvalue weighted by Crippen LogP contribution is 2.31. The summed E-state index contributed by atoms with van der Waals surface area (Å²) in [6.07, 6.45) is 5.44. The third-order valence-electron chi connectivity index (χ3n) is 7.62. The van der Waals surface area contributed by atoms with Gasteiger partial charge in [0.25, 0.3) is 0 Å². The van der Waals surface area contributed by atoms with Crippen LogP contribution in [0.25, 0.3) is 21.8 Å². The molecule has 0 spiro atoms. The highest BCUT2D eigenvalue weighted by Gasteiger charge is 2.29. The van der Waals surface area contributed by atoms with Gasteiger partial charge in [-0.1, -0.05) is 67.9 Å². The number of aryl methyl sites for hydroxylation is 2. The first-order chi connectivity index (χ1) is 17.5. The Morgan fingerprint density at radius 1 is 1.11 bits per heavy atom. The highest BCUT2D eigenvalue weighted by molar-refractivity contribution is 5.83. The molecule has 4 aromatic rings. The minimum atomic E-state index is -0.184. The zero-order valence-electron chi connectivity index (χ0n) is 21.6. The van der Waals surface area contributed by atoms with E-state index in [4.69, 9.17) is 10.7 Å². The van der Waals surface area contributed by atoms with E-state index in [-0.39, 0.29) is 17.9 Å². The molecule has 0 unspecified atom stereocenters. The molecule has 5 rings (SSSR count). The number of amides is 1. The topological polar surface area (TPSA) is 64.2 Å². The lowest BCUT2D eigenvalue weighted by Crippen LogP contribution is -2.42. The third-order valence-corrected chi connectivity index (χ3v) is 7.62. The fourth-order valence-electron chi connectivity index (χ4n) is 5.75. The van der Waals surface area contributed by atoms with E-state index in [1.807, 2.05) is 4.90 Å². The minimum Gasteiger partial charge on any atom is -0.342 e. The molecule has 188 valence electrons. The maximum Gasteiger partial charge on any atom is 0.224 e. The second-order valence-electron chi connectivity index (χ2n) is 10.4. The van der Waals surface area contributed by atoms with Gasteiger partial charge in [0.15, 0.2) is 0 Å². The van der Waals surface area contributed by atoms with Crippen molar-refractivity contribution < 1.29 is 4.79 Å². The lowest BCUT2D eigenvalue weighted by Gasteiger charge is -2.33. The van der Waals surface area contributed by atoms with Gasteiger partial charge in [-0.05, 0) is 60.6 Å². The van der Waals surface area contributed by atoms with Gasteiger partial charge >= 0.3 is 0 Å². The van der Waals surface area contributed by atoms with E-state index in [1.54, 1.807) is 0 Å². The number of carbonyl (C=O) groups excluding carboxylic acids is 1. The number of nitrogens with zero attached hydrogens (tertiary/aromatic N) is 3. The van der Waals surface area contributed by atoms with Crippen LogP contribution in [-0.4, -0.2) is 39.5 Å². The molecule has 0 aliphatic carbocycles. The van der Waals surface area contributed by atoms with Crippen LogP contribution in [0.4, 0.5) is 0 Å². The summed E-state index contributed by atoms with van der Waals surface area (Å²) in [6, 6.07) is 21.0. The number of hydrogen-bond acceptors (Lipinski definition) is 3. The number of rotatable bonds is 8. The van der Waals surface area contributed by atoms with Gasteiger partial charge in [-0.15, -0.1) is 0 Å². The Kier molecular flexibility index (Phi) is 7.38. The number of unbranched alkanes of at least 4 members (excludes halogenated alkanes) is 1. The molecule has 2 atom stereocenters. The molecule has 1 aliphatic heterocycles. The van der Waals surface area contributed by atoms with E-state index in [2.05, 4.69) is 79.1 Å². The molecular formula is C31H38N4O. The molecule has 1 amide bonds. The maximum absolute atomic E-state index is 13.3. The van der Waals surface area contributed by atoms with E-state index in [0.717, 1.165) is 56.7 Å². The van der Waals surface area contributed by atoms with Crippen molar-refractivity contribution in [2.45, 2.75) is 70.9 Å². The predicted octanol–water partition coefficient (Wildman–Crippen LogP) is 5.96. The number of aromatic nitrogens is 2. The van der Waals surface area contributed by atoms with Crippen molar-refractivity contribution in [3.8, 4) is 0 Å². The van der Waals surface area contributed by atoms with Crippen molar-refractivity contribution in [1.29, 1.82) is 0 Å². The van der Waals surface area contributed by atoms with Crippen LogP contribution in [0, 0.1) is 6.92 Å². The summed E-state index contributed by atoms with van der Waals surface area (Å²) in [5.41, 5.74) is 11.3. The van der Waals surface area contributed by atoms with Crippen molar-refractivity contribution in [2.24, 2.45) is 5.73 Å². The van der Waals surface area contributed by atoms with Crippen molar-refractivity contribution in [2.75, 3.05) is 13.1 Å². The van der Waals surface area contributed by atoms with Gasteiger partial charge in [-0.25, -0.2) is 4.98 Å². The average molecular weight is 483 g/mol. The van der Waals surface area contributed by atoms with E-state index in [1.165, 1.54) is 27.4 Å². The Morgan fingerprint density at radius 2 is 1.94 bits per heavy atom. The summed E-state index contributed by atoms with van der Waals surface area (Å²) in [4.78, 5) is 20.4. The van der Waals surface area contributed by atoms with E-state index >= 15 is 0 Å². The Hall–Kier alpha value is -3.18. The van der Waals surface area contributed by atoms with Crippen molar-refractivity contribution in [3.05, 3.63) is 77.6 Å². The van der Waals surface area contributed by atoms with Crippen molar-refractivity contribution in [1.82, 2.24) is 14.5 Å². The Bertz CT molecular complexity index is 1360. The molecule has 1 saturated heterocycles. The van der Waals surface area contributed by atoms with Crippen LogP contribution < -0.4 is 5.73 Å². The first-order valence-corrected chi connectivity index (χ1v) is 13.5. The maximum atomic E-state index is 13.3. The van der Waals surface area contributed by atoms with Crippen LogP contribution in [0.2, 0.25) is 0 Å². The Labute approximate surface area is 214 Å². The van der Waals surface area contributed by atoms with E-state index in [9.17, 15) is 4.79 Å². The van der Waals surface area contributed by atoms with Crippen molar-refractivity contribution >= 4 is 27.7 Å². The largest absolute Gasteiger partial charge is 0.342 e. The number of benzene rings is 3. The monoisotopic (exact) mass is 482 g/mol. The zero-order chi connectivity index (χ0) is 25.1. The fourth-order valence-corrected chi connectivity index (χ4v) is 5.75. The third kappa shape index (κ3) is 5.17. The summed E-state index contributed by atoms with van der Waals surface area (Å²) in [7, 11) is 0. The van der Waals surface area contributed by atoms with Crippen LogP contribution in [0.5, 0.6) is 0 Å².